The summed E-state index contributed by atoms with van der Waals surface area (Å²) in [6.07, 6.45) is 1.89. The zero-order valence-corrected chi connectivity index (χ0v) is 15.9. The second kappa shape index (κ2) is 7.08. The van der Waals surface area contributed by atoms with Gasteiger partial charge in [0.25, 0.3) is 17.8 Å². The SMILES string of the molecule is O=C(Nc1ccc2oc(N3CCCC(F)(F)C3)nc2c1)c1ccc2c(c1)N=CCO2. The van der Waals surface area contributed by atoms with E-state index in [2.05, 4.69) is 15.3 Å². The lowest BCUT2D eigenvalue weighted by atomic mass is 10.1. The highest BCUT2D eigenvalue weighted by Crippen LogP contribution is 2.33. The normalized spacial score (nSPS) is 17.5. The fraction of sp³-hybridized carbons (Fsp3) is 0.286. The van der Waals surface area contributed by atoms with Crippen LogP contribution >= 0.6 is 0 Å². The molecule has 3 aromatic rings. The number of aromatic nitrogens is 1. The lowest BCUT2D eigenvalue weighted by Gasteiger charge is -2.31. The Morgan fingerprint density at radius 2 is 2.10 bits per heavy atom. The standard InChI is InChI=1S/C21H18F2N4O3/c22-21(23)6-1-8-27(12-21)20-26-16-11-14(3-5-18(16)30-20)25-19(28)13-2-4-17-15(10-13)24-7-9-29-17/h2-5,7,10-11H,1,6,8-9,12H2,(H,25,28). The number of hydrogen-bond acceptors (Lipinski definition) is 6. The number of halogens is 2. The summed E-state index contributed by atoms with van der Waals surface area (Å²) < 4.78 is 38.5. The summed E-state index contributed by atoms with van der Waals surface area (Å²) in [4.78, 5) is 22.6. The molecule has 154 valence electrons. The van der Waals surface area contributed by atoms with Crippen molar-refractivity contribution in [2.45, 2.75) is 18.8 Å². The van der Waals surface area contributed by atoms with Gasteiger partial charge in [-0.2, -0.15) is 4.98 Å². The number of piperidine rings is 1. The number of fused-ring (bicyclic) bond motifs is 2. The number of rotatable bonds is 3. The highest BCUT2D eigenvalue weighted by Gasteiger charge is 2.36. The summed E-state index contributed by atoms with van der Waals surface area (Å²) in [6, 6.07) is 10.2. The van der Waals surface area contributed by atoms with Gasteiger partial charge in [-0.15, -0.1) is 0 Å². The van der Waals surface area contributed by atoms with E-state index in [4.69, 9.17) is 9.15 Å². The molecule has 1 amide bonds. The van der Waals surface area contributed by atoms with Gasteiger partial charge in [0.15, 0.2) is 5.58 Å². The smallest absolute Gasteiger partial charge is 0.298 e. The van der Waals surface area contributed by atoms with E-state index in [1.807, 2.05) is 0 Å². The molecule has 7 nitrogen and oxygen atoms in total. The minimum atomic E-state index is -2.75. The molecule has 1 saturated heterocycles. The minimum absolute atomic E-state index is 0.125. The molecule has 0 radical (unpaired) electrons. The number of benzene rings is 2. The van der Waals surface area contributed by atoms with Gasteiger partial charge in [-0.3, -0.25) is 9.79 Å². The van der Waals surface area contributed by atoms with Crippen molar-refractivity contribution in [1.82, 2.24) is 4.98 Å². The van der Waals surface area contributed by atoms with Gasteiger partial charge in [-0.25, -0.2) is 8.78 Å². The third-order valence-electron chi connectivity index (χ3n) is 5.06. The number of nitrogens with zero attached hydrogens (tertiary/aromatic N) is 3. The largest absolute Gasteiger partial charge is 0.486 e. The summed E-state index contributed by atoms with van der Waals surface area (Å²) in [5.74, 6) is -2.42. The Morgan fingerprint density at radius 1 is 1.20 bits per heavy atom. The molecule has 1 N–H and O–H groups in total. The van der Waals surface area contributed by atoms with Crippen LogP contribution in [0.25, 0.3) is 11.1 Å². The van der Waals surface area contributed by atoms with Crippen molar-refractivity contribution in [2.24, 2.45) is 4.99 Å². The van der Waals surface area contributed by atoms with Crippen LogP contribution in [-0.2, 0) is 0 Å². The molecular formula is C21H18F2N4O3. The maximum atomic E-state index is 13.7. The zero-order chi connectivity index (χ0) is 20.7. The predicted octanol–water partition coefficient (Wildman–Crippen LogP) is 4.41. The lowest BCUT2D eigenvalue weighted by Crippen LogP contribution is -2.42. The Hall–Kier alpha value is -3.49. The molecule has 1 aromatic heterocycles. The number of alkyl halides is 2. The number of aliphatic imine (C=N–C) groups is 1. The van der Waals surface area contributed by atoms with Gasteiger partial charge < -0.3 is 19.4 Å². The zero-order valence-electron chi connectivity index (χ0n) is 15.9. The quantitative estimate of drug-likeness (QED) is 0.689. The third kappa shape index (κ3) is 3.58. The summed E-state index contributed by atoms with van der Waals surface area (Å²) in [5, 5.41) is 2.81. The van der Waals surface area contributed by atoms with Gasteiger partial charge in [0.2, 0.25) is 0 Å². The number of carbonyl (C=O) groups excluding carboxylic acids is 1. The van der Waals surface area contributed by atoms with E-state index in [0.717, 1.165) is 0 Å². The second-order valence-electron chi connectivity index (χ2n) is 7.32. The molecule has 0 atom stereocenters. The van der Waals surface area contributed by atoms with Gasteiger partial charge in [0.05, 0.1) is 6.54 Å². The number of oxazole rings is 1. The predicted molar refractivity (Wildman–Crippen MR) is 108 cm³/mol. The van der Waals surface area contributed by atoms with Gasteiger partial charge in [-0.05, 0) is 42.8 Å². The van der Waals surface area contributed by atoms with Gasteiger partial charge in [0.1, 0.15) is 23.6 Å². The van der Waals surface area contributed by atoms with Gasteiger partial charge >= 0.3 is 0 Å². The second-order valence-corrected chi connectivity index (χ2v) is 7.32. The molecule has 2 aliphatic heterocycles. The third-order valence-corrected chi connectivity index (χ3v) is 5.06. The summed E-state index contributed by atoms with van der Waals surface area (Å²) in [6.45, 7) is 0.470. The Bertz CT molecular complexity index is 1160. The summed E-state index contributed by atoms with van der Waals surface area (Å²) in [7, 11) is 0. The van der Waals surface area contributed by atoms with Crippen molar-refractivity contribution in [3.63, 3.8) is 0 Å². The van der Waals surface area contributed by atoms with Crippen molar-refractivity contribution < 1.29 is 22.7 Å². The van der Waals surface area contributed by atoms with Crippen LogP contribution in [0.4, 0.5) is 26.2 Å². The van der Waals surface area contributed by atoms with Crippen LogP contribution in [-0.4, -0.2) is 42.7 Å². The van der Waals surface area contributed by atoms with Crippen LogP contribution < -0.4 is 15.0 Å². The van der Waals surface area contributed by atoms with Crippen LogP contribution in [0.3, 0.4) is 0 Å². The molecule has 0 saturated carbocycles. The van der Waals surface area contributed by atoms with E-state index < -0.39 is 12.5 Å². The van der Waals surface area contributed by atoms with Crippen molar-refractivity contribution in [3.05, 3.63) is 42.0 Å². The van der Waals surface area contributed by atoms with Crippen molar-refractivity contribution >= 4 is 40.6 Å². The van der Waals surface area contributed by atoms with Crippen LogP contribution in [0, 0.1) is 0 Å². The number of anilines is 2. The highest BCUT2D eigenvalue weighted by atomic mass is 19.3. The molecule has 0 aliphatic carbocycles. The maximum absolute atomic E-state index is 13.7. The van der Waals surface area contributed by atoms with Crippen molar-refractivity contribution in [2.75, 3.05) is 29.9 Å². The molecular weight excluding hydrogens is 394 g/mol. The van der Waals surface area contributed by atoms with Gasteiger partial charge in [-0.1, -0.05) is 0 Å². The van der Waals surface area contributed by atoms with Crippen LogP contribution in [0.15, 0.2) is 45.8 Å². The fourth-order valence-corrected chi connectivity index (χ4v) is 3.60. The molecule has 0 spiro atoms. The van der Waals surface area contributed by atoms with E-state index in [0.29, 0.717) is 53.4 Å². The average Bonchev–Trinajstić information content (AvgIpc) is 3.16. The molecule has 2 aliphatic rings. The molecule has 2 aromatic carbocycles. The molecule has 0 bridgehead atoms. The van der Waals surface area contributed by atoms with E-state index in [9.17, 15) is 13.6 Å². The average molecular weight is 412 g/mol. The molecule has 0 unspecified atom stereocenters. The Kier molecular flexibility index (Phi) is 4.38. The van der Waals surface area contributed by atoms with Crippen molar-refractivity contribution in [3.8, 4) is 5.75 Å². The van der Waals surface area contributed by atoms with E-state index in [1.54, 1.807) is 42.6 Å². The monoisotopic (exact) mass is 412 g/mol. The minimum Gasteiger partial charge on any atom is -0.486 e. The van der Waals surface area contributed by atoms with E-state index in [-0.39, 0.29) is 18.3 Å². The van der Waals surface area contributed by atoms with Crippen LogP contribution in [0.1, 0.15) is 23.2 Å². The molecule has 9 heteroatoms. The number of carbonyl (C=O) groups is 1. The topological polar surface area (TPSA) is 80.0 Å². The first-order valence-electron chi connectivity index (χ1n) is 9.61. The number of nitrogens with one attached hydrogen (secondary N) is 1. The first kappa shape index (κ1) is 18.5. The Morgan fingerprint density at radius 3 is 2.97 bits per heavy atom. The highest BCUT2D eigenvalue weighted by molar-refractivity contribution is 6.05. The fourth-order valence-electron chi connectivity index (χ4n) is 3.60. The van der Waals surface area contributed by atoms with Crippen molar-refractivity contribution in [1.29, 1.82) is 0 Å². The first-order chi connectivity index (χ1) is 14.5. The summed E-state index contributed by atoms with van der Waals surface area (Å²) in [5.41, 5.74) is 2.52. The summed E-state index contributed by atoms with van der Waals surface area (Å²) >= 11 is 0. The molecule has 5 rings (SSSR count). The Labute approximate surface area is 170 Å². The maximum Gasteiger partial charge on any atom is 0.298 e. The van der Waals surface area contributed by atoms with Gasteiger partial charge in [0, 0.05) is 30.4 Å². The molecule has 3 heterocycles. The van der Waals surface area contributed by atoms with E-state index >= 15 is 0 Å². The number of amides is 1. The van der Waals surface area contributed by atoms with Crippen LogP contribution in [0.2, 0.25) is 0 Å². The molecule has 30 heavy (non-hydrogen) atoms. The van der Waals surface area contributed by atoms with E-state index in [1.165, 1.54) is 4.90 Å². The lowest BCUT2D eigenvalue weighted by molar-refractivity contribution is -0.0127. The number of ether oxygens (including phenoxy) is 1. The van der Waals surface area contributed by atoms with Crippen LogP contribution in [0.5, 0.6) is 5.75 Å². The number of hydrogen-bond donors (Lipinski definition) is 1. The molecule has 1 fully saturated rings. The Balaban J connectivity index is 1.35. The first-order valence-corrected chi connectivity index (χ1v) is 9.61.